The maximum atomic E-state index is 13.0. The van der Waals surface area contributed by atoms with Crippen LogP contribution in [0.25, 0.3) is 0 Å². The summed E-state index contributed by atoms with van der Waals surface area (Å²) in [5.41, 5.74) is 0.363. The van der Waals surface area contributed by atoms with Crippen LogP contribution in [0.3, 0.4) is 0 Å². The number of aromatic nitrogens is 2. The Morgan fingerprint density at radius 2 is 2.04 bits per heavy atom. The molecule has 0 aliphatic carbocycles. The van der Waals surface area contributed by atoms with E-state index in [4.69, 9.17) is 11.6 Å². The number of nitrogens with zero attached hydrogens (tertiary/aromatic N) is 2. The smallest absolute Gasteiger partial charge is 0.252 e. The first-order valence-corrected chi connectivity index (χ1v) is 8.48. The van der Waals surface area contributed by atoms with E-state index in [9.17, 15) is 9.59 Å². The van der Waals surface area contributed by atoms with Crippen LogP contribution in [-0.4, -0.2) is 34.7 Å². The van der Waals surface area contributed by atoms with Crippen LogP contribution in [0, 0.1) is 0 Å². The fraction of sp³-hybridized carbons (Fsp3) is 0.353. The highest BCUT2D eigenvalue weighted by Crippen LogP contribution is 2.30. The van der Waals surface area contributed by atoms with Gasteiger partial charge in [-0.2, -0.15) is 5.10 Å². The number of amides is 2. The summed E-state index contributed by atoms with van der Waals surface area (Å²) in [5, 5.41) is 13.5. The number of rotatable bonds is 4. The number of nitrogens with one attached hydrogen (secondary N) is 3. The Hall–Kier alpha value is -2.38. The van der Waals surface area contributed by atoms with E-state index in [0.717, 1.165) is 13.1 Å². The number of benzene rings is 1. The van der Waals surface area contributed by atoms with Crippen molar-refractivity contribution in [2.75, 3.05) is 23.7 Å². The van der Waals surface area contributed by atoms with Crippen LogP contribution in [0.5, 0.6) is 0 Å². The molecule has 2 heterocycles. The molecule has 7 nitrogen and oxygen atoms in total. The van der Waals surface area contributed by atoms with E-state index in [-0.39, 0.29) is 11.8 Å². The predicted octanol–water partition coefficient (Wildman–Crippen LogP) is 2.21. The zero-order valence-corrected chi connectivity index (χ0v) is 14.6. The van der Waals surface area contributed by atoms with Gasteiger partial charge in [0.1, 0.15) is 5.54 Å². The van der Waals surface area contributed by atoms with Gasteiger partial charge in [-0.25, -0.2) is 0 Å². The van der Waals surface area contributed by atoms with Gasteiger partial charge in [0, 0.05) is 25.0 Å². The predicted molar refractivity (Wildman–Crippen MR) is 96.7 cm³/mol. The topological polar surface area (TPSA) is 88.1 Å². The average molecular weight is 362 g/mol. The number of carbonyl (C=O) groups is 2. The van der Waals surface area contributed by atoms with E-state index in [1.54, 1.807) is 29.1 Å². The normalized spacial score (nSPS) is 16.2. The van der Waals surface area contributed by atoms with Crippen LogP contribution in [-0.2, 0) is 15.1 Å². The van der Waals surface area contributed by atoms with Crippen LogP contribution in [0.2, 0.25) is 5.02 Å². The third-order valence-corrected chi connectivity index (χ3v) is 4.65. The van der Waals surface area contributed by atoms with Crippen molar-refractivity contribution in [3.63, 3.8) is 0 Å². The van der Waals surface area contributed by atoms with Gasteiger partial charge in [0.2, 0.25) is 5.91 Å². The van der Waals surface area contributed by atoms with Gasteiger partial charge < -0.3 is 16.0 Å². The number of piperidine rings is 1. The first-order valence-electron chi connectivity index (χ1n) is 8.11. The molecule has 0 spiro atoms. The summed E-state index contributed by atoms with van der Waals surface area (Å²) in [6.45, 7) is 2.90. The first kappa shape index (κ1) is 17.4. The summed E-state index contributed by atoms with van der Waals surface area (Å²) in [6, 6.07) is 6.83. The van der Waals surface area contributed by atoms with Crippen LogP contribution in [0.15, 0.2) is 36.7 Å². The molecule has 3 N–H and O–H groups in total. The molecule has 0 atom stereocenters. The number of hydrogen-bond acceptors (Lipinski definition) is 4. The zero-order valence-electron chi connectivity index (χ0n) is 13.9. The van der Waals surface area contributed by atoms with Crippen LogP contribution < -0.4 is 16.0 Å². The van der Waals surface area contributed by atoms with Crippen LogP contribution in [0.4, 0.5) is 11.4 Å². The molecule has 2 amide bonds. The molecule has 1 saturated heterocycles. The number of halogens is 1. The summed E-state index contributed by atoms with van der Waals surface area (Å²) in [7, 11) is 0. The monoisotopic (exact) mass is 361 g/mol. The molecule has 25 heavy (non-hydrogen) atoms. The maximum Gasteiger partial charge on any atom is 0.252 e. The van der Waals surface area contributed by atoms with Gasteiger partial charge in [0.15, 0.2) is 0 Å². The van der Waals surface area contributed by atoms with Crippen molar-refractivity contribution in [1.29, 1.82) is 0 Å². The molecule has 132 valence electrons. The lowest BCUT2D eigenvalue weighted by molar-refractivity contribution is -0.126. The summed E-state index contributed by atoms with van der Waals surface area (Å²) in [5.74, 6) is -0.327. The molecule has 3 rings (SSSR count). The highest BCUT2D eigenvalue weighted by Gasteiger charge is 2.42. The van der Waals surface area contributed by atoms with Crippen molar-refractivity contribution >= 4 is 34.8 Å². The molecule has 1 aromatic carbocycles. The molecule has 0 radical (unpaired) electrons. The second-order valence-electron chi connectivity index (χ2n) is 6.06. The first-order chi connectivity index (χ1) is 12.0. The molecule has 0 saturated carbocycles. The Bertz CT molecular complexity index is 769. The van der Waals surface area contributed by atoms with Crippen molar-refractivity contribution in [2.24, 2.45) is 0 Å². The minimum absolute atomic E-state index is 0.124. The van der Waals surface area contributed by atoms with Gasteiger partial charge >= 0.3 is 0 Å². The van der Waals surface area contributed by atoms with Gasteiger partial charge in [-0.1, -0.05) is 11.6 Å². The lowest BCUT2D eigenvalue weighted by atomic mass is 9.87. The molecule has 1 fully saturated rings. The lowest BCUT2D eigenvalue weighted by Crippen LogP contribution is -2.52. The van der Waals surface area contributed by atoms with Gasteiger partial charge in [-0.15, -0.1) is 0 Å². The Balaban J connectivity index is 1.82. The van der Waals surface area contributed by atoms with Gasteiger partial charge in [0.05, 0.1) is 10.7 Å². The van der Waals surface area contributed by atoms with E-state index in [1.165, 1.54) is 6.92 Å². The fourth-order valence-corrected chi connectivity index (χ4v) is 3.28. The standard InChI is InChI=1S/C17H20ClN5O2/c1-12(24)21-15-4-3-13(11-14(15)18)22-16(25)17(5-8-19-9-6-17)23-10-2-7-20-23/h2-4,7,10-11,19H,5-6,8-9H2,1H3,(H,21,24)(H,22,25). The van der Waals surface area contributed by atoms with Crippen molar-refractivity contribution in [3.8, 4) is 0 Å². The highest BCUT2D eigenvalue weighted by atomic mass is 35.5. The Morgan fingerprint density at radius 3 is 2.64 bits per heavy atom. The van der Waals surface area contributed by atoms with E-state index < -0.39 is 5.54 Å². The molecular weight excluding hydrogens is 342 g/mol. The number of anilines is 2. The molecule has 1 aromatic heterocycles. The molecule has 0 unspecified atom stereocenters. The summed E-state index contributed by atoms with van der Waals surface area (Å²) >= 11 is 6.18. The van der Waals surface area contributed by atoms with E-state index >= 15 is 0 Å². The Morgan fingerprint density at radius 1 is 1.28 bits per heavy atom. The van der Waals surface area contributed by atoms with Gasteiger partial charge in [-0.05, 0) is 50.2 Å². The molecule has 2 aromatic rings. The van der Waals surface area contributed by atoms with Crippen molar-refractivity contribution < 1.29 is 9.59 Å². The van der Waals surface area contributed by atoms with E-state index in [2.05, 4.69) is 21.0 Å². The highest BCUT2D eigenvalue weighted by molar-refractivity contribution is 6.34. The number of carbonyl (C=O) groups excluding carboxylic acids is 2. The minimum atomic E-state index is -0.725. The SMILES string of the molecule is CC(=O)Nc1ccc(NC(=O)C2(n3cccn3)CCNCC2)cc1Cl. The number of hydrogen-bond donors (Lipinski definition) is 3. The second-order valence-corrected chi connectivity index (χ2v) is 6.47. The van der Waals surface area contributed by atoms with Gasteiger partial charge in [0.25, 0.3) is 5.91 Å². The van der Waals surface area contributed by atoms with Crippen molar-refractivity contribution in [2.45, 2.75) is 25.3 Å². The third-order valence-electron chi connectivity index (χ3n) is 4.33. The molecular formula is C17H20ClN5O2. The minimum Gasteiger partial charge on any atom is -0.325 e. The van der Waals surface area contributed by atoms with Crippen molar-refractivity contribution in [3.05, 3.63) is 41.7 Å². The average Bonchev–Trinajstić information content (AvgIpc) is 3.12. The summed E-state index contributed by atoms with van der Waals surface area (Å²) in [4.78, 5) is 24.2. The molecule has 8 heteroatoms. The van der Waals surface area contributed by atoms with Crippen LogP contribution in [0.1, 0.15) is 19.8 Å². The van der Waals surface area contributed by atoms with E-state index in [1.807, 2.05) is 12.3 Å². The maximum absolute atomic E-state index is 13.0. The van der Waals surface area contributed by atoms with Crippen molar-refractivity contribution in [1.82, 2.24) is 15.1 Å². The third kappa shape index (κ3) is 3.67. The Labute approximate surface area is 150 Å². The quantitative estimate of drug-likeness (QED) is 0.779. The molecule has 1 aliphatic rings. The summed E-state index contributed by atoms with van der Waals surface area (Å²) < 4.78 is 1.73. The largest absolute Gasteiger partial charge is 0.325 e. The second kappa shape index (κ2) is 7.25. The summed E-state index contributed by atoms with van der Waals surface area (Å²) in [6.07, 6.45) is 4.80. The Kier molecular flexibility index (Phi) is 5.06. The molecule has 1 aliphatic heterocycles. The van der Waals surface area contributed by atoms with E-state index in [0.29, 0.717) is 29.2 Å². The van der Waals surface area contributed by atoms with Gasteiger partial charge in [-0.3, -0.25) is 14.3 Å². The zero-order chi connectivity index (χ0) is 17.9. The fourth-order valence-electron chi connectivity index (χ4n) is 3.05. The lowest BCUT2D eigenvalue weighted by Gasteiger charge is -2.36. The molecule has 0 bridgehead atoms. The van der Waals surface area contributed by atoms with Crippen LogP contribution >= 0.6 is 11.6 Å².